The number of hydrogen-bond acceptors (Lipinski definition) is 3. The molecule has 0 unspecified atom stereocenters. The van der Waals surface area contributed by atoms with E-state index in [9.17, 15) is 9.59 Å². The summed E-state index contributed by atoms with van der Waals surface area (Å²) >= 11 is 0. The largest absolute Gasteiger partial charge is 0.464 e. The molecule has 0 fully saturated rings. The molecule has 0 spiro atoms. The molecule has 0 aliphatic carbocycles. The Morgan fingerprint density at radius 3 is 2.85 bits per heavy atom. The van der Waals surface area contributed by atoms with Gasteiger partial charge in [0.15, 0.2) is 5.43 Å². The highest BCUT2D eigenvalue weighted by atomic mass is 16.3. The lowest BCUT2D eigenvalue weighted by Crippen LogP contribution is -1.98. The summed E-state index contributed by atoms with van der Waals surface area (Å²) in [7, 11) is 0. The normalized spacial score (nSPS) is 10.2. The first-order valence-electron chi connectivity index (χ1n) is 3.78. The van der Waals surface area contributed by atoms with Gasteiger partial charge in [-0.05, 0) is 18.2 Å². The fraction of sp³-hybridized carbons (Fsp3) is 0. The quantitative estimate of drug-likeness (QED) is 0.617. The van der Waals surface area contributed by atoms with Crippen LogP contribution in [0.2, 0.25) is 0 Å². The van der Waals surface area contributed by atoms with Gasteiger partial charge in [0, 0.05) is 11.6 Å². The van der Waals surface area contributed by atoms with Gasteiger partial charge in [-0.15, -0.1) is 0 Å². The van der Waals surface area contributed by atoms with Crippen LogP contribution in [0.1, 0.15) is 10.4 Å². The van der Waals surface area contributed by atoms with Crippen LogP contribution in [-0.2, 0) is 0 Å². The molecule has 64 valence electrons. The Morgan fingerprint density at radius 1 is 1.23 bits per heavy atom. The van der Waals surface area contributed by atoms with Gasteiger partial charge in [-0.25, -0.2) is 0 Å². The van der Waals surface area contributed by atoms with Gasteiger partial charge in [-0.2, -0.15) is 0 Å². The first-order chi connectivity index (χ1) is 6.31. The Labute approximate surface area is 73.6 Å². The molecule has 0 atom stereocenters. The lowest BCUT2D eigenvalue weighted by molar-refractivity contribution is 0.112. The van der Waals surface area contributed by atoms with E-state index < -0.39 is 0 Å². The van der Waals surface area contributed by atoms with Crippen molar-refractivity contribution in [2.45, 2.75) is 0 Å². The molecule has 3 heteroatoms. The molecule has 0 saturated carbocycles. The number of benzene rings is 1. The molecule has 0 N–H and O–H groups in total. The maximum absolute atomic E-state index is 11.3. The lowest BCUT2D eigenvalue weighted by Gasteiger charge is -1.94. The average Bonchev–Trinajstić information content (AvgIpc) is 2.18. The third-order valence-corrected chi connectivity index (χ3v) is 1.82. The zero-order valence-electron chi connectivity index (χ0n) is 6.69. The van der Waals surface area contributed by atoms with Crippen LogP contribution in [-0.4, -0.2) is 6.29 Å². The van der Waals surface area contributed by atoms with E-state index in [-0.39, 0.29) is 5.43 Å². The Kier molecular flexibility index (Phi) is 1.70. The van der Waals surface area contributed by atoms with Crippen LogP contribution >= 0.6 is 0 Å². The molecule has 2 rings (SSSR count). The first-order valence-corrected chi connectivity index (χ1v) is 3.78. The Balaban J connectivity index is 2.90. The number of carbonyl (C=O) groups excluding carboxylic acids is 1. The highest BCUT2D eigenvalue weighted by molar-refractivity contribution is 5.85. The van der Waals surface area contributed by atoms with Gasteiger partial charge in [-0.3, -0.25) is 9.59 Å². The minimum absolute atomic E-state index is 0.134. The van der Waals surface area contributed by atoms with E-state index in [0.717, 1.165) is 0 Å². The van der Waals surface area contributed by atoms with Crippen molar-refractivity contribution in [3.05, 3.63) is 46.3 Å². The molecular formula is C10H6O3. The van der Waals surface area contributed by atoms with Crippen molar-refractivity contribution in [2.24, 2.45) is 0 Å². The second-order valence-electron chi connectivity index (χ2n) is 2.66. The minimum atomic E-state index is -0.134. The predicted octanol–water partition coefficient (Wildman–Crippen LogP) is 1.61. The van der Waals surface area contributed by atoms with Crippen molar-refractivity contribution in [1.82, 2.24) is 0 Å². The van der Waals surface area contributed by atoms with Gasteiger partial charge in [0.1, 0.15) is 11.9 Å². The fourth-order valence-electron chi connectivity index (χ4n) is 1.18. The van der Waals surface area contributed by atoms with Gasteiger partial charge in [0.25, 0.3) is 0 Å². The van der Waals surface area contributed by atoms with Crippen molar-refractivity contribution in [1.29, 1.82) is 0 Å². The van der Waals surface area contributed by atoms with Crippen molar-refractivity contribution >= 4 is 17.3 Å². The second-order valence-corrected chi connectivity index (χ2v) is 2.66. The molecule has 3 nitrogen and oxygen atoms in total. The Bertz CT molecular complexity index is 511. The summed E-state index contributed by atoms with van der Waals surface area (Å²) in [5, 5.41) is 0.437. The molecule has 2 aromatic rings. The molecule has 1 heterocycles. The molecule has 1 aromatic carbocycles. The maximum Gasteiger partial charge on any atom is 0.192 e. The van der Waals surface area contributed by atoms with Gasteiger partial charge in [0.2, 0.25) is 0 Å². The smallest absolute Gasteiger partial charge is 0.192 e. The Morgan fingerprint density at radius 2 is 2.08 bits per heavy atom. The molecule has 1 aromatic heterocycles. The zero-order valence-corrected chi connectivity index (χ0v) is 6.69. The molecule has 0 aliphatic heterocycles. The summed E-state index contributed by atoms with van der Waals surface area (Å²) in [4.78, 5) is 21.7. The van der Waals surface area contributed by atoms with Gasteiger partial charge < -0.3 is 4.42 Å². The standard InChI is InChI=1S/C10H6O3/c11-6-7-1-2-10-8(5-7)9(12)3-4-13-10/h1-6H. The number of rotatable bonds is 1. The molecule has 0 amide bonds. The van der Waals surface area contributed by atoms with E-state index >= 15 is 0 Å². The van der Waals surface area contributed by atoms with Crippen LogP contribution in [0, 0.1) is 0 Å². The van der Waals surface area contributed by atoms with Crippen LogP contribution in [0.5, 0.6) is 0 Å². The van der Waals surface area contributed by atoms with E-state index in [1.165, 1.54) is 18.4 Å². The third-order valence-electron chi connectivity index (χ3n) is 1.82. The summed E-state index contributed by atoms with van der Waals surface area (Å²) in [6.07, 6.45) is 2.04. The predicted molar refractivity (Wildman–Crippen MR) is 47.9 cm³/mol. The molecule has 13 heavy (non-hydrogen) atoms. The molecule has 0 radical (unpaired) electrons. The first kappa shape index (κ1) is 7.73. The number of carbonyl (C=O) groups is 1. The molecule has 0 aliphatic rings. The molecule has 0 bridgehead atoms. The van der Waals surface area contributed by atoms with E-state index in [4.69, 9.17) is 4.42 Å². The van der Waals surface area contributed by atoms with Gasteiger partial charge >= 0.3 is 0 Å². The highest BCUT2D eigenvalue weighted by Crippen LogP contribution is 2.10. The number of aldehydes is 1. The van der Waals surface area contributed by atoms with E-state index in [0.29, 0.717) is 22.8 Å². The topological polar surface area (TPSA) is 47.3 Å². The van der Waals surface area contributed by atoms with Crippen molar-refractivity contribution in [3.8, 4) is 0 Å². The second kappa shape index (κ2) is 2.86. The maximum atomic E-state index is 11.3. The third kappa shape index (κ3) is 1.24. The molecular weight excluding hydrogens is 168 g/mol. The van der Waals surface area contributed by atoms with Gasteiger partial charge in [-0.1, -0.05) is 0 Å². The monoisotopic (exact) mass is 174 g/mol. The van der Waals surface area contributed by atoms with E-state index in [1.54, 1.807) is 12.1 Å². The summed E-state index contributed by atoms with van der Waals surface area (Å²) in [6.45, 7) is 0. The van der Waals surface area contributed by atoms with Crippen LogP contribution in [0.15, 0.2) is 39.7 Å². The van der Waals surface area contributed by atoms with Crippen molar-refractivity contribution < 1.29 is 9.21 Å². The lowest BCUT2D eigenvalue weighted by atomic mass is 10.1. The van der Waals surface area contributed by atoms with E-state index in [2.05, 4.69) is 0 Å². The summed E-state index contributed by atoms with van der Waals surface area (Å²) in [5.74, 6) is 0. The van der Waals surface area contributed by atoms with Crippen LogP contribution < -0.4 is 5.43 Å². The summed E-state index contributed by atoms with van der Waals surface area (Å²) in [5.41, 5.74) is 0.842. The Hall–Kier alpha value is -1.90. The summed E-state index contributed by atoms with van der Waals surface area (Å²) < 4.78 is 5.08. The highest BCUT2D eigenvalue weighted by Gasteiger charge is 1.99. The minimum Gasteiger partial charge on any atom is -0.464 e. The van der Waals surface area contributed by atoms with Crippen LogP contribution in [0.25, 0.3) is 11.0 Å². The van der Waals surface area contributed by atoms with Crippen molar-refractivity contribution in [2.75, 3.05) is 0 Å². The number of fused-ring (bicyclic) bond motifs is 1. The number of hydrogen-bond donors (Lipinski definition) is 0. The SMILES string of the molecule is O=Cc1ccc2occc(=O)c2c1. The average molecular weight is 174 g/mol. The van der Waals surface area contributed by atoms with E-state index in [1.807, 2.05) is 0 Å². The zero-order chi connectivity index (χ0) is 9.26. The summed E-state index contributed by atoms with van der Waals surface area (Å²) in [6, 6.07) is 6.07. The van der Waals surface area contributed by atoms with Crippen molar-refractivity contribution in [3.63, 3.8) is 0 Å². The van der Waals surface area contributed by atoms with Crippen LogP contribution in [0.4, 0.5) is 0 Å². The van der Waals surface area contributed by atoms with Gasteiger partial charge in [0.05, 0.1) is 11.6 Å². The van der Waals surface area contributed by atoms with Crippen LogP contribution in [0.3, 0.4) is 0 Å². The molecule has 0 saturated heterocycles. The fourth-order valence-corrected chi connectivity index (χ4v) is 1.18.